The molecule has 2 aromatic rings. The van der Waals surface area contributed by atoms with Crippen molar-refractivity contribution in [2.45, 2.75) is 25.5 Å². The van der Waals surface area contributed by atoms with Gasteiger partial charge in [0, 0.05) is 15.4 Å². The Hall–Kier alpha value is -0.620. The lowest BCUT2D eigenvalue weighted by molar-refractivity contribution is 0.562. The molecule has 6 heteroatoms. The van der Waals surface area contributed by atoms with E-state index in [1.165, 1.54) is 6.21 Å². The van der Waals surface area contributed by atoms with Crippen LogP contribution in [0.15, 0.2) is 33.1 Å². The predicted octanol–water partition coefficient (Wildman–Crippen LogP) is 4.53. The average molecular weight is 374 g/mol. The lowest BCUT2D eigenvalue weighted by atomic mass is 10.2. The summed E-state index contributed by atoms with van der Waals surface area (Å²) in [5.41, 5.74) is 1.46. The van der Waals surface area contributed by atoms with E-state index in [4.69, 9.17) is 11.6 Å². The number of halogens is 2. The van der Waals surface area contributed by atoms with Gasteiger partial charge < -0.3 is 4.55 Å². The Morgan fingerprint density at radius 2 is 2.10 bits per heavy atom. The normalized spacial score (nSPS) is 14.1. The van der Waals surface area contributed by atoms with Gasteiger partial charge in [-0.05, 0) is 48.8 Å². The van der Waals surface area contributed by atoms with Gasteiger partial charge in [0.25, 0.3) is 0 Å². The maximum atomic E-state index is 11.9. The molecule has 0 N–H and O–H groups in total. The first-order chi connectivity index (χ1) is 9.29. The fraction of sp³-hybridized carbons (Fsp3) is 0.286. The summed E-state index contributed by atoms with van der Waals surface area (Å²) in [7, 11) is 0. The zero-order valence-electron chi connectivity index (χ0n) is 11.4. The molecule has 0 amide bonds. The van der Waals surface area contributed by atoms with Gasteiger partial charge in [-0.2, -0.15) is 0 Å². The third-order valence-electron chi connectivity index (χ3n) is 2.59. The molecule has 20 heavy (non-hydrogen) atoms. The number of rotatable bonds is 2. The second-order valence-electron chi connectivity index (χ2n) is 5.28. The second-order valence-corrected chi connectivity index (χ2v) is 8.42. The SMILES string of the molecule is CC(C)(C)[S+]([O-])/N=C/c1cc2cccc(Br)c2nc1Cl. The summed E-state index contributed by atoms with van der Waals surface area (Å²) in [4.78, 5) is 4.34. The zero-order chi connectivity index (χ0) is 14.9. The molecule has 3 nitrogen and oxygen atoms in total. The molecular weight excluding hydrogens is 360 g/mol. The molecule has 0 aliphatic rings. The van der Waals surface area contributed by atoms with Crippen LogP contribution in [0.4, 0.5) is 0 Å². The van der Waals surface area contributed by atoms with Crippen molar-refractivity contribution in [3.63, 3.8) is 0 Å². The fourth-order valence-corrected chi connectivity index (χ4v) is 2.69. The summed E-state index contributed by atoms with van der Waals surface area (Å²) in [6, 6.07) is 7.67. The molecule has 2 rings (SSSR count). The summed E-state index contributed by atoms with van der Waals surface area (Å²) in [6.07, 6.45) is 1.52. The van der Waals surface area contributed by atoms with Crippen LogP contribution in [0.1, 0.15) is 26.3 Å². The van der Waals surface area contributed by atoms with E-state index >= 15 is 0 Å². The second kappa shape index (κ2) is 6.02. The minimum atomic E-state index is -1.31. The van der Waals surface area contributed by atoms with E-state index in [0.717, 1.165) is 15.4 Å². The van der Waals surface area contributed by atoms with Crippen molar-refractivity contribution in [3.8, 4) is 0 Å². The molecule has 1 unspecified atom stereocenters. The highest BCUT2D eigenvalue weighted by atomic mass is 79.9. The summed E-state index contributed by atoms with van der Waals surface area (Å²) in [5.74, 6) is 0. The monoisotopic (exact) mass is 372 g/mol. The highest BCUT2D eigenvalue weighted by molar-refractivity contribution is 9.10. The standard InChI is InChI=1S/C14H14BrClN2OS/c1-14(2,3)20(19)17-8-10-7-9-5-4-6-11(15)12(9)18-13(10)16/h4-8H,1-3H3/b17-8+. The molecule has 0 radical (unpaired) electrons. The van der Waals surface area contributed by atoms with E-state index in [1.807, 2.05) is 45.0 Å². The summed E-state index contributed by atoms with van der Waals surface area (Å²) >= 11 is 8.28. The van der Waals surface area contributed by atoms with Gasteiger partial charge in [0.2, 0.25) is 0 Å². The molecule has 0 saturated carbocycles. The molecule has 1 atom stereocenters. The van der Waals surface area contributed by atoms with Crippen LogP contribution in [0.5, 0.6) is 0 Å². The molecule has 0 spiro atoms. The summed E-state index contributed by atoms with van der Waals surface area (Å²) < 4.78 is 16.5. The van der Waals surface area contributed by atoms with E-state index in [1.54, 1.807) is 0 Å². The van der Waals surface area contributed by atoms with E-state index in [2.05, 4.69) is 25.3 Å². The highest BCUT2D eigenvalue weighted by Gasteiger charge is 2.25. The van der Waals surface area contributed by atoms with Crippen LogP contribution in [0.2, 0.25) is 5.15 Å². The molecule has 1 aromatic heterocycles. The molecular formula is C14H14BrClN2OS. The number of fused-ring (bicyclic) bond motifs is 1. The Bertz CT molecular complexity index is 670. The van der Waals surface area contributed by atoms with Crippen LogP contribution >= 0.6 is 27.5 Å². The summed E-state index contributed by atoms with van der Waals surface area (Å²) in [5, 5.41) is 1.30. The van der Waals surface area contributed by atoms with Gasteiger partial charge in [0.1, 0.15) is 21.3 Å². The maximum absolute atomic E-state index is 11.9. The molecule has 0 bridgehead atoms. The van der Waals surface area contributed by atoms with Gasteiger partial charge >= 0.3 is 0 Å². The lowest BCUT2D eigenvalue weighted by Crippen LogP contribution is -2.25. The van der Waals surface area contributed by atoms with Crippen molar-refractivity contribution >= 4 is 56.0 Å². The van der Waals surface area contributed by atoms with Crippen LogP contribution in [-0.4, -0.2) is 20.5 Å². The number of hydrogen-bond donors (Lipinski definition) is 0. The van der Waals surface area contributed by atoms with Gasteiger partial charge in [0.15, 0.2) is 0 Å². The Morgan fingerprint density at radius 3 is 2.75 bits per heavy atom. The number of para-hydroxylation sites is 1. The van der Waals surface area contributed by atoms with Crippen LogP contribution < -0.4 is 0 Å². The van der Waals surface area contributed by atoms with E-state index < -0.39 is 16.1 Å². The molecule has 0 aliphatic heterocycles. The maximum Gasteiger partial charge on any atom is 0.144 e. The molecule has 0 saturated heterocycles. The molecule has 1 heterocycles. The Kier molecular flexibility index (Phi) is 4.74. The Morgan fingerprint density at radius 1 is 1.40 bits per heavy atom. The number of pyridine rings is 1. The van der Waals surface area contributed by atoms with Gasteiger partial charge in [-0.3, -0.25) is 0 Å². The predicted molar refractivity (Wildman–Crippen MR) is 89.9 cm³/mol. The lowest BCUT2D eigenvalue weighted by Gasteiger charge is -2.17. The summed E-state index contributed by atoms with van der Waals surface area (Å²) in [6.45, 7) is 5.62. The van der Waals surface area contributed by atoms with Crippen molar-refractivity contribution in [1.29, 1.82) is 0 Å². The van der Waals surface area contributed by atoms with E-state index in [-0.39, 0.29) is 0 Å². The highest BCUT2D eigenvalue weighted by Crippen LogP contribution is 2.26. The van der Waals surface area contributed by atoms with Crippen LogP contribution in [0, 0.1) is 0 Å². The Labute approximate surface area is 134 Å². The first kappa shape index (κ1) is 15.8. The minimum Gasteiger partial charge on any atom is -0.591 e. The number of nitrogens with zero attached hydrogens (tertiary/aromatic N) is 2. The van der Waals surface area contributed by atoms with Crippen molar-refractivity contribution in [1.82, 2.24) is 4.98 Å². The first-order valence-electron chi connectivity index (χ1n) is 6.00. The Balaban J connectivity index is 2.41. The fourth-order valence-electron chi connectivity index (χ4n) is 1.51. The van der Waals surface area contributed by atoms with Crippen LogP contribution in [0.3, 0.4) is 0 Å². The van der Waals surface area contributed by atoms with Crippen molar-refractivity contribution in [2.75, 3.05) is 0 Å². The average Bonchev–Trinajstić information content (AvgIpc) is 2.36. The van der Waals surface area contributed by atoms with Gasteiger partial charge in [-0.1, -0.05) is 28.1 Å². The largest absolute Gasteiger partial charge is 0.591 e. The smallest absolute Gasteiger partial charge is 0.144 e. The molecule has 106 valence electrons. The zero-order valence-corrected chi connectivity index (χ0v) is 14.5. The number of hydrogen-bond acceptors (Lipinski definition) is 3. The quantitative estimate of drug-likeness (QED) is 0.441. The number of aromatic nitrogens is 1. The molecule has 0 fully saturated rings. The topological polar surface area (TPSA) is 48.3 Å². The molecule has 0 aliphatic carbocycles. The third-order valence-corrected chi connectivity index (χ3v) is 4.88. The van der Waals surface area contributed by atoms with Crippen molar-refractivity contribution in [3.05, 3.63) is 39.5 Å². The van der Waals surface area contributed by atoms with E-state index in [0.29, 0.717) is 10.7 Å². The van der Waals surface area contributed by atoms with Crippen LogP contribution in [-0.2, 0) is 11.4 Å². The molecule has 1 aromatic carbocycles. The van der Waals surface area contributed by atoms with Crippen LogP contribution in [0.25, 0.3) is 10.9 Å². The van der Waals surface area contributed by atoms with Crippen molar-refractivity contribution in [2.24, 2.45) is 4.40 Å². The number of benzene rings is 1. The van der Waals surface area contributed by atoms with Gasteiger partial charge in [-0.25, -0.2) is 4.98 Å². The first-order valence-corrected chi connectivity index (χ1v) is 8.27. The van der Waals surface area contributed by atoms with Gasteiger partial charge in [-0.15, -0.1) is 0 Å². The van der Waals surface area contributed by atoms with E-state index in [9.17, 15) is 4.55 Å². The van der Waals surface area contributed by atoms with Crippen molar-refractivity contribution < 1.29 is 4.55 Å². The van der Waals surface area contributed by atoms with Gasteiger partial charge in [0.05, 0.1) is 11.7 Å². The minimum absolute atomic E-state index is 0.346. The third kappa shape index (κ3) is 3.52.